The molecular formula is C32H40N2O6. The van der Waals surface area contributed by atoms with E-state index in [1.807, 2.05) is 58.9 Å². The van der Waals surface area contributed by atoms with Crippen molar-refractivity contribution in [2.24, 2.45) is 0 Å². The number of carbonyl (C=O) groups excluding carboxylic acids is 2. The summed E-state index contributed by atoms with van der Waals surface area (Å²) in [5.41, 5.74) is 3.43. The van der Waals surface area contributed by atoms with Crippen LogP contribution < -0.4 is 4.74 Å². The van der Waals surface area contributed by atoms with Crippen molar-refractivity contribution in [2.45, 2.75) is 65.3 Å². The number of methoxy groups -OCH3 is 1. The van der Waals surface area contributed by atoms with E-state index in [0.29, 0.717) is 29.8 Å². The lowest BCUT2D eigenvalue weighted by Crippen LogP contribution is -2.40. The number of nitrogens with zero attached hydrogens (tertiary/aromatic N) is 2. The van der Waals surface area contributed by atoms with Crippen LogP contribution in [0.2, 0.25) is 0 Å². The van der Waals surface area contributed by atoms with E-state index in [1.54, 1.807) is 35.5 Å². The highest BCUT2D eigenvalue weighted by atomic mass is 16.6. The van der Waals surface area contributed by atoms with Crippen molar-refractivity contribution >= 4 is 12.1 Å². The van der Waals surface area contributed by atoms with Crippen LogP contribution in [0.1, 0.15) is 68.6 Å². The lowest BCUT2D eigenvalue weighted by atomic mass is 10.00. The first kappa shape index (κ1) is 30.6. The Kier molecular flexibility index (Phi) is 10.7. The second kappa shape index (κ2) is 13.9. The second-order valence-electron chi connectivity index (χ2n) is 10.9. The van der Waals surface area contributed by atoms with E-state index in [9.17, 15) is 14.7 Å². The summed E-state index contributed by atoms with van der Waals surface area (Å²) in [4.78, 5) is 30.6. The maximum atomic E-state index is 12.9. The molecule has 0 spiro atoms. The Morgan fingerprint density at radius 1 is 1.02 bits per heavy atom. The third-order valence-corrected chi connectivity index (χ3v) is 6.04. The van der Waals surface area contributed by atoms with Crippen LogP contribution in [0, 0.1) is 0 Å². The number of esters is 1. The summed E-state index contributed by atoms with van der Waals surface area (Å²) in [5, 5.41) is 10.7. The van der Waals surface area contributed by atoms with E-state index >= 15 is 0 Å². The van der Waals surface area contributed by atoms with Crippen LogP contribution in [-0.2, 0) is 15.9 Å². The van der Waals surface area contributed by atoms with E-state index in [1.165, 1.54) is 7.11 Å². The van der Waals surface area contributed by atoms with Gasteiger partial charge in [0.2, 0.25) is 0 Å². The molecule has 1 atom stereocenters. The molecule has 1 N–H and O–H groups in total. The Bertz CT molecular complexity index is 1250. The standard InChI is InChI=1S/C32H40N2O6/c1-22(2)39-29-19-25(15-16-27(29)30(36)38-6)24-13-11-23(12-14-24)9-8-18-34(31(37)40-32(3,4)5)21-28(35)26-10-7-17-33-20-26/h7,10-17,19-20,22,28,35H,8-9,18,21H2,1-6H3/t28-/m1/s1. The molecule has 3 rings (SSSR count). The number of aliphatic hydroxyl groups is 1. The molecule has 0 saturated carbocycles. The quantitative estimate of drug-likeness (QED) is 0.284. The summed E-state index contributed by atoms with van der Waals surface area (Å²) >= 11 is 0. The van der Waals surface area contributed by atoms with Crippen LogP contribution in [-0.4, -0.2) is 59.0 Å². The maximum Gasteiger partial charge on any atom is 0.410 e. The molecule has 1 aromatic heterocycles. The van der Waals surface area contributed by atoms with Crippen molar-refractivity contribution < 1.29 is 28.9 Å². The van der Waals surface area contributed by atoms with Gasteiger partial charge in [-0.05, 0) is 82.3 Å². The molecule has 0 bridgehead atoms. The second-order valence-corrected chi connectivity index (χ2v) is 10.9. The molecule has 1 heterocycles. The van der Waals surface area contributed by atoms with Gasteiger partial charge in [-0.3, -0.25) is 4.98 Å². The molecule has 40 heavy (non-hydrogen) atoms. The Morgan fingerprint density at radius 3 is 2.33 bits per heavy atom. The molecule has 0 aliphatic rings. The molecule has 0 unspecified atom stereocenters. The average molecular weight is 549 g/mol. The fourth-order valence-corrected chi connectivity index (χ4v) is 4.14. The van der Waals surface area contributed by atoms with Gasteiger partial charge in [-0.1, -0.05) is 36.4 Å². The summed E-state index contributed by atoms with van der Waals surface area (Å²) in [7, 11) is 1.35. The number of amides is 1. The third kappa shape index (κ3) is 9.09. The van der Waals surface area contributed by atoms with Crippen molar-refractivity contribution in [3.8, 4) is 16.9 Å². The third-order valence-electron chi connectivity index (χ3n) is 6.04. The molecule has 8 nitrogen and oxygen atoms in total. The zero-order valence-electron chi connectivity index (χ0n) is 24.2. The van der Waals surface area contributed by atoms with Gasteiger partial charge in [0.1, 0.15) is 16.9 Å². The largest absolute Gasteiger partial charge is 0.490 e. The van der Waals surface area contributed by atoms with Gasteiger partial charge in [0.25, 0.3) is 0 Å². The van der Waals surface area contributed by atoms with Crippen LogP contribution in [0.25, 0.3) is 11.1 Å². The number of aryl methyl sites for hydroxylation is 1. The van der Waals surface area contributed by atoms with E-state index < -0.39 is 23.8 Å². The van der Waals surface area contributed by atoms with Crippen LogP contribution in [0.3, 0.4) is 0 Å². The van der Waals surface area contributed by atoms with Crippen LogP contribution in [0.4, 0.5) is 4.79 Å². The van der Waals surface area contributed by atoms with Crippen molar-refractivity contribution in [3.63, 3.8) is 0 Å². The SMILES string of the molecule is COC(=O)c1ccc(-c2ccc(CCCN(C[C@@H](O)c3cccnc3)C(=O)OC(C)(C)C)cc2)cc1OC(C)C. The number of hydrogen-bond donors (Lipinski definition) is 1. The molecule has 0 aliphatic carbocycles. The van der Waals surface area contributed by atoms with Gasteiger partial charge in [0, 0.05) is 24.5 Å². The average Bonchev–Trinajstić information content (AvgIpc) is 2.91. The number of aliphatic hydroxyl groups excluding tert-OH is 1. The number of carbonyl (C=O) groups is 2. The zero-order valence-corrected chi connectivity index (χ0v) is 24.2. The summed E-state index contributed by atoms with van der Waals surface area (Å²) in [6.45, 7) is 9.83. The minimum Gasteiger partial charge on any atom is -0.490 e. The first-order valence-electron chi connectivity index (χ1n) is 13.5. The highest BCUT2D eigenvalue weighted by Crippen LogP contribution is 2.29. The highest BCUT2D eigenvalue weighted by molar-refractivity contribution is 5.93. The Labute approximate surface area is 236 Å². The van der Waals surface area contributed by atoms with Gasteiger partial charge in [0.05, 0.1) is 25.9 Å². The first-order valence-corrected chi connectivity index (χ1v) is 13.5. The van der Waals surface area contributed by atoms with Gasteiger partial charge in [-0.25, -0.2) is 9.59 Å². The van der Waals surface area contributed by atoms with Crippen molar-refractivity contribution in [2.75, 3.05) is 20.2 Å². The van der Waals surface area contributed by atoms with Crippen molar-refractivity contribution in [1.82, 2.24) is 9.88 Å². The molecule has 0 fully saturated rings. The predicted octanol–water partition coefficient (Wildman–Crippen LogP) is 6.23. The Hall–Kier alpha value is -3.91. The highest BCUT2D eigenvalue weighted by Gasteiger charge is 2.24. The first-order chi connectivity index (χ1) is 19.0. The van der Waals surface area contributed by atoms with Crippen LogP contribution in [0.5, 0.6) is 5.75 Å². The Morgan fingerprint density at radius 2 is 1.73 bits per heavy atom. The molecule has 0 aliphatic heterocycles. The minimum atomic E-state index is -0.865. The normalized spacial score (nSPS) is 12.1. The maximum absolute atomic E-state index is 12.9. The molecule has 0 radical (unpaired) electrons. The molecule has 0 saturated heterocycles. The summed E-state index contributed by atoms with van der Waals surface area (Å²) in [6.07, 6.45) is 3.26. The molecular weight excluding hydrogens is 508 g/mol. The predicted molar refractivity (Wildman–Crippen MR) is 154 cm³/mol. The van der Waals surface area contributed by atoms with Gasteiger partial charge >= 0.3 is 12.1 Å². The van der Waals surface area contributed by atoms with Crippen LogP contribution >= 0.6 is 0 Å². The van der Waals surface area contributed by atoms with E-state index in [4.69, 9.17) is 14.2 Å². The molecule has 214 valence electrons. The fourth-order valence-electron chi connectivity index (χ4n) is 4.14. The van der Waals surface area contributed by atoms with E-state index in [2.05, 4.69) is 17.1 Å². The summed E-state index contributed by atoms with van der Waals surface area (Å²) in [5.74, 6) is 0.0464. The topological polar surface area (TPSA) is 98.2 Å². The zero-order chi connectivity index (χ0) is 29.3. The molecule has 1 amide bonds. The number of hydrogen-bond acceptors (Lipinski definition) is 7. The van der Waals surface area contributed by atoms with E-state index in [-0.39, 0.29) is 12.6 Å². The number of benzene rings is 2. The molecule has 3 aromatic rings. The number of pyridine rings is 1. The lowest BCUT2D eigenvalue weighted by Gasteiger charge is -2.29. The van der Waals surface area contributed by atoms with Gasteiger partial charge in [0.15, 0.2) is 0 Å². The molecule has 8 heteroatoms. The number of ether oxygens (including phenoxy) is 3. The van der Waals surface area contributed by atoms with Gasteiger partial charge in [-0.2, -0.15) is 0 Å². The lowest BCUT2D eigenvalue weighted by molar-refractivity contribution is 0.0141. The number of aromatic nitrogens is 1. The Balaban J connectivity index is 1.67. The fraction of sp³-hybridized carbons (Fsp3) is 0.406. The molecule has 2 aromatic carbocycles. The van der Waals surface area contributed by atoms with E-state index in [0.717, 1.165) is 23.1 Å². The number of rotatable bonds is 11. The van der Waals surface area contributed by atoms with Crippen LogP contribution in [0.15, 0.2) is 67.0 Å². The van der Waals surface area contributed by atoms with Gasteiger partial charge < -0.3 is 24.2 Å². The van der Waals surface area contributed by atoms with Gasteiger partial charge in [-0.15, -0.1) is 0 Å². The smallest absolute Gasteiger partial charge is 0.410 e. The summed E-state index contributed by atoms with van der Waals surface area (Å²) in [6, 6.07) is 17.1. The van der Waals surface area contributed by atoms with Crippen molar-refractivity contribution in [1.29, 1.82) is 0 Å². The minimum absolute atomic E-state index is 0.0910. The summed E-state index contributed by atoms with van der Waals surface area (Å²) < 4.78 is 16.3. The van der Waals surface area contributed by atoms with Crippen molar-refractivity contribution in [3.05, 3.63) is 83.7 Å². The monoisotopic (exact) mass is 548 g/mol.